The number of hydrogen-bond acceptors (Lipinski definition) is 0. The van der Waals surface area contributed by atoms with Crippen LogP contribution in [0.25, 0.3) is 0 Å². The second-order valence-corrected chi connectivity index (χ2v) is 3.41. The Morgan fingerprint density at radius 2 is 1.91 bits per heavy atom. The van der Waals surface area contributed by atoms with E-state index in [-0.39, 0.29) is 0 Å². The van der Waals surface area contributed by atoms with Gasteiger partial charge in [-0.05, 0) is 18.8 Å². The smallest absolute Gasteiger partial charge is 0.0414 e. The Morgan fingerprint density at radius 3 is 2.36 bits per heavy atom. The third kappa shape index (κ3) is 6.40. The molecule has 0 aromatic heterocycles. The first-order chi connectivity index (χ1) is 5.35. The molecule has 1 radical (unpaired) electrons. The van der Waals surface area contributed by atoms with Crippen molar-refractivity contribution >= 4 is 0 Å². The van der Waals surface area contributed by atoms with Crippen LogP contribution in [0, 0.1) is 12.3 Å². The zero-order valence-corrected chi connectivity index (χ0v) is 8.40. The minimum atomic E-state index is 0.964. The maximum atomic E-state index is 2.31. The predicted octanol–water partition coefficient (Wildman–Crippen LogP) is 4.21. The molecule has 0 nitrogen and oxygen atoms in total. The summed E-state index contributed by atoms with van der Waals surface area (Å²) in [7, 11) is 0. The van der Waals surface area contributed by atoms with Gasteiger partial charge in [-0.2, -0.15) is 0 Å². The van der Waals surface area contributed by atoms with Crippen molar-refractivity contribution in [3.63, 3.8) is 0 Å². The molecule has 0 spiro atoms. The van der Waals surface area contributed by atoms with Crippen LogP contribution in [-0.4, -0.2) is 0 Å². The van der Waals surface area contributed by atoms with Gasteiger partial charge in [-0.1, -0.05) is 52.9 Å². The van der Waals surface area contributed by atoms with Gasteiger partial charge in [-0.3, -0.25) is 0 Å². The summed E-state index contributed by atoms with van der Waals surface area (Å²) < 4.78 is 0. The molecule has 0 fully saturated rings. The molecule has 0 rings (SSSR count). The molecule has 0 saturated carbocycles. The Morgan fingerprint density at radius 1 is 1.18 bits per heavy atom. The highest BCUT2D eigenvalue weighted by Crippen LogP contribution is 2.17. The van der Waals surface area contributed by atoms with Crippen LogP contribution in [0.2, 0.25) is 0 Å². The summed E-state index contributed by atoms with van der Waals surface area (Å²) in [6.07, 6.45) is 10.6. The van der Waals surface area contributed by atoms with Gasteiger partial charge in [0.25, 0.3) is 0 Å². The normalized spacial score (nSPS) is 13.4. The van der Waals surface area contributed by atoms with E-state index in [0.29, 0.717) is 0 Å². The molecular weight excluding hydrogens is 132 g/mol. The summed E-state index contributed by atoms with van der Waals surface area (Å²) in [6.45, 7) is 6.75. The van der Waals surface area contributed by atoms with Crippen LogP contribution in [0.4, 0.5) is 0 Å². The third-order valence-electron chi connectivity index (χ3n) is 2.36. The first-order valence-electron chi connectivity index (χ1n) is 5.12. The molecule has 1 unspecified atom stereocenters. The Labute approximate surface area is 72.4 Å². The molecule has 0 heterocycles. The van der Waals surface area contributed by atoms with Crippen molar-refractivity contribution < 1.29 is 0 Å². The summed E-state index contributed by atoms with van der Waals surface area (Å²) in [5, 5.41) is 0. The monoisotopic (exact) mass is 155 g/mol. The Bertz CT molecular complexity index is 66.4. The maximum absolute atomic E-state index is 2.31. The van der Waals surface area contributed by atoms with Gasteiger partial charge in [0, 0.05) is 0 Å². The first kappa shape index (κ1) is 11.0. The molecule has 0 aliphatic rings. The van der Waals surface area contributed by atoms with E-state index in [1.165, 1.54) is 38.5 Å². The molecule has 0 bridgehead atoms. The lowest BCUT2D eigenvalue weighted by atomic mass is 9.94. The molecule has 67 valence electrons. The van der Waals surface area contributed by atoms with Crippen LogP contribution in [0.15, 0.2) is 0 Å². The molecule has 0 aliphatic carbocycles. The van der Waals surface area contributed by atoms with E-state index in [1.54, 1.807) is 0 Å². The quantitative estimate of drug-likeness (QED) is 0.483. The van der Waals surface area contributed by atoms with E-state index in [2.05, 4.69) is 27.2 Å². The van der Waals surface area contributed by atoms with E-state index in [1.807, 2.05) is 0 Å². The van der Waals surface area contributed by atoms with Crippen molar-refractivity contribution in [1.29, 1.82) is 0 Å². The van der Waals surface area contributed by atoms with Gasteiger partial charge < -0.3 is 0 Å². The molecule has 0 saturated heterocycles. The number of unbranched alkanes of at least 4 members (excludes halogenated alkanes) is 2. The summed E-state index contributed by atoms with van der Waals surface area (Å²) >= 11 is 0. The van der Waals surface area contributed by atoms with Crippen LogP contribution in [-0.2, 0) is 0 Å². The Kier molecular flexibility index (Phi) is 8.10. The SMILES string of the molecule is C[CH]CC(CC)CCCCC. The highest BCUT2D eigenvalue weighted by atomic mass is 14.1. The Hall–Kier alpha value is 0. The summed E-state index contributed by atoms with van der Waals surface area (Å²) in [6, 6.07) is 0. The second kappa shape index (κ2) is 8.10. The average Bonchev–Trinajstić information content (AvgIpc) is 2.03. The van der Waals surface area contributed by atoms with Gasteiger partial charge in [0.1, 0.15) is 0 Å². The molecule has 0 N–H and O–H groups in total. The lowest BCUT2D eigenvalue weighted by molar-refractivity contribution is 0.439. The molecule has 0 aliphatic heterocycles. The second-order valence-electron chi connectivity index (χ2n) is 3.41. The molecule has 0 aromatic rings. The highest BCUT2D eigenvalue weighted by molar-refractivity contribution is 4.65. The van der Waals surface area contributed by atoms with Crippen LogP contribution in [0.3, 0.4) is 0 Å². The third-order valence-corrected chi connectivity index (χ3v) is 2.36. The van der Waals surface area contributed by atoms with Crippen molar-refractivity contribution in [2.75, 3.05) is 0 Å². The van der Waals surface area contributed by atoms with Crippen LogP contribution in [0.1, 0.15) is 59.3 Å². The van der Waals surface area contributed by atoms with Gasteiger partial charge >= 0.3 is 0 Å². The zero-order chi connectivity index (χ0) is 8.53. The van der Waals surface area contributed by atoms with Crippen molar-refractivity contribution in [3.05, 3.63) is 6.42 Å². The highest BCUT2D eigenvalue weighted by Gasteiger charge is 2.03. The fourth-order valence-corrected chi connectivity index (χ4v) is 1.50. The van der Waals surface area contributed by atoms with E-state index >= 15 is 0 Å². The van der Waals surface area contributed by atoms with Gasteiger partial charge in [-0.25, -0.2) is 0 Å². The van der Waals surface area contributed by atoms with E-state index in [9.17, 15) is 0 Å². The molecular formula is C11H23. The topological polar surface area (TPSA) is 0 Å². The maximum Gasteiger partial charge on any atom is -0.0414 e. The zero-order valence-electron chi connectivity index (χ0n) is 8.40. The fourth-order valence-electron chi connectivity index (χ4n) is 1.50. The van der Waals surface area contributed by atoms with Gasteiger partial charge in [0.2, 0.25) is 0 Å². The molecule has 11 heavy (non-hydrogen) atoms. The largest absolute Gasteiger partial charge is 0.0654 e. The van der Waals surface area contributed by atoms with Crippen molar-refractivity contribution in [2.45, 2.75) is 59.3 Å². The van der Waals surface area contributed by atoms with Crippen LogP contribution < -0.4 is 0 Å². The standard InChI is InChI=1S/C11H23/c1-4-7-8-10-11(6-3)9-5-2/h5,11H,4,6-10H2,1-3H3. The van der Waals surface area contributed by atoms with Crippen molar-refractivity contribution in [2.24, 2.45) is 5.92 Å². The molecule has 0 heteroatoms. The lowest BCUT2D eigenvalue weighted by Crippen LogP contribution is -1.97. The van der Waals surface area contributed by atoms with Gasteiger partial charge in [0.05, 0.1) is 0 Å². The fraction of sp³-hybridized carbons (Fsp3) is 0.909. The van der Waals surface area contributed by atoms with Crippen molar-refractivity contribution in [3.8, 4) is 0 Å². The van der Waals surface area contributed by atoms with Crippen molar-refractivity contribution in [1.82, 2.24) is 0 Å². The van der Waals surface area contributed by atoms with Crippen LogP contribution in [0.5, 0.6) is 0 Å². The van der Waals surface area contributed by atoms with Gasteiger partial charge in [0.15, 0.2) is 0 Å². The summed E-state index contributed by atoms with van der Waals surface area (Å²) in [4.78, 5) is 0. The van der Waals surface area contributed by atoms with E-state index < -0.39 is 0 Å². The first-order valence-corrected chi connectivity index (χ1v) is 5.12. The van der Waals surface area contributed by atoms with E-state index in [0.717, 1.165) is 5.92 Å². The van der Waals surface area contributed by atoms with E-state index in [4.69, 9.17) is 0 Å². The minimum Gasteiger partial charge on any atom is -0.0654 e. The predicted molar refractivity (Wildman–Crippen MR) is 52.5 cm³/mol. The molecule has 0 amide bonds. The Balaban J connectivity index is 3.20. The summed E-state index contributed by atoms with van der Waals surface area (Å²) in [5.74, 6) is 0.964. The molecule has 1 atom stereocenters. The number of rotatable bonds is 7. The average molecular weight is 155 g/mol. The number of hydrogen-bond donors (Lipinski definition) is 0. The van der Waals surface area contributed by atoms with Crippen LogP contribution >= 0.6 is 0 Å². The lowest BCUT2D eigenvalue weighted by Gasteiger charge is -2.12. The molecule has 0 aromatic carbocycles. The summed E-state index contributed by atoms with van der Waals surface area (Å²) in [5.41, 5.74) is 0. The minimum absolute atomic E-state index is 0.964. The van der Waals surface area contributed by atoms with Gasteiger partial charge in [-0.15, -0.1) is 0 Å².